The van der Waals surface area contributed by atoms with Gasteiger partial charge in [-0.1, -0.05) is 35.0 Å². The number of ketones is 1. The fraction of sp³-hybridized carbons (Fsp3) is 0.333. The molecule has 2 aliphatic rings. The number of hydrogen-bond acceptors (Lipinski definition) is 7. The molecule has 0 spiro atoms. The van der Waals surface area contributed by atoms with Crippen LogP contribution in [-0.4, -0.2) is 33.1 Å². The predicted octanol–water partition coefficient (Wildman–Crippen LogP) is 4.70. The Morgan fingerprint density at radius 1 is 1.06 bits per heavy atom. The van der Waals surface area contributed by atoms with E-state index in [9.17, 15) is 9.59 Å². The molecule has 0 radical (unpaired) electrons. The van der Waals surface area contributed by atoms with Crippen LogP contribution in [0.1, 0.15) is 24.9 Å². The number of rotatable bonds is 4. The van der Waals surface area contributed by atoms with E-state index in [1.165, 1.54) is 7.11 Å². The number of halogens is 1. The van der Waals surface area contributed by atoms with Crippen LogP contribution in [0.25, 0.3) is 0 Å². The molecule has 0 aromatic heterocycles. The molecule has 1 heterocycles. The number of ether oxygens (including phenoxy) is 3. The third-order valence-corrected chi connectivity index (χ3v) is 6.73. The maximum Gasteiger partial charge on any atom is 0.316 e. The molecule has 3 atom stereocenters. The average molecular weight is 501 g/mol. The number of Topliss-reactive ketones (excluding diaryl/α,β-unsaturated/α-hetero) is 1. The number of esters is 1. The summed E-state index contributed by atoms with van der Waals surface area (Å²) in [5.74, 6) is -0.696. The molecule has 2 aromatic rings. The maximum absolute atomic E-state index is 13.7. The summed E-state index contributed by atoms with van der Waals surface area (Å²) in [6, 6.07) is 10.9. The van der Waals surface area contributed by atoms with Crippen LogP contribution in [0.2, 0.25) is 0 Å². The summed E-state index contributed by atoms with van der Waals surface area (Å²) in [7, 11) is 4.45. The van der Waals surface area contributed by atoms with Crippen molar-refractivity contribution in [2.45, 2.75) is 19.4 Å². The van der Waals surface area contributed by atoms with Crippen LogP contribution in [0.15, 0.2) is 52.1 Å². The summed E-state index contributed by atoms with van der Waals surface area (Å²) >= 11 is 3.64. The second kappa shape index (κ2) is 8.86. The van der Waals surface area contributed by atoms with Crippen molar-refractivity contribution in [3.8, 4) is 11.5 Å². The number of allylic oxidation sites excluding steroid dienone is 1. The molecule has 0 fully saturated rings. The fourth-order valence-corrected chi connectivity index (χ4v) is 5.01. The summed E-state index contributed by atoms with van der Waals surface area (Å²) in [5.41, 5.74) is 3.83. The minimum Gasteiger partial charge on any atom is -0.493 e. The van der Waals surface area contributed by atoms with E-state index in [-0.39, 0.29) is 11.7 Å². The number of carbonyl (C=O) groups excluding carboxylic acids is 2. The Bertz CT molecular complexity index is 1110. The van der Waals surface area contributed by atoms with E-state index >= 15 is 0 Å². The van der Waals surface area contributed by atoms with Gasteiger partial charge in [-0.2, -0.15) is 0 Å². The predicted molar refractivity (Wildman–Crippen MR) is 125 cm³/mol. The minimum atomic E-state index is -0.856. The smallest absolute Gasteiger partial charge is 0.316 e. The summed E-state index contributed by atoms with van der Waals surface area (Å²) in [5, 5.41) is 6.95. The van der Waals surface area contributed by atoms with Crippen molar-refractivity contribution in [2.24, 2.45) is 11.8 Å². The van der Waals surface area contributed by atoms with E-state index in [4.69, 9.17) is 14.2 Å². The van der Waals surface area contributed by atoms with Gasteiger partial charge in [0.05, 0.1) is 38.7 Å². The van der Waals surface area contributed by atoms with Crippen LogP contribution in [0, 0.1) is 11.8 Å². The van der Waals surface area contributed by atoms with Gasteiger partial charge in [0.1, 0.15) is 5.92 Å². The van der Waals surface area contributed by atoms with E-state index < -0.39 is 17.9 Å². The normalized spacial score (nSPS) is 22.0. The summed E-state index contributed by atoms with van der Waals surface area (Å²) in [6.07, 6.45) is 0.540. The molecule has 0 bridgehead atoms. The lowest BCUT2D eigenvalue weighted by atomic mass is 9.75. The number of methoxy groups -OCH3 is 3. The third-order valence-electron chi connectivity index (χ3n) is 6.04. The van der Waals surface area contributed by atoms with Gasteiger partial charge < -0.3 is 24.8 Å². The number of para-hydroxylation sites is 2. The molecule has 0 saturated heterocycles. The monoisotopic (exact) mass is 500 g/mol. The van der Waals surface area contributed by atoms with Gasteiger partial charge in [0.15, 0.2) is 17.3 Å². The molecular formula is C24H25BrN2O5. The molecule has 0 saturated carbocycles. The Kier molecular flexibility index (Phi) is 6.15. The lowest BCUT2D eigenvalue weighted by molar-refractivity contribution is -0.151. The first-order valence-electron chi connectivity index (χ1n) is 10.3. The standard InChI is InChI=1S/C24H25BrN2O5/c1-12-9-17-21(23(28)20(12)24(29)32-4)22(27-16-8-6-5-7-15(16)26-17)13-10-18(30-2)19(31-3)11-14(13)25/h5-8,10-12,20,22,26-27H,9H2,1-4H3/t12-,20-,22+/m0/s1. The highest BCUT2D eigenvalue weighted by Crippen LogP contribution is 2.46. The van der Waals surface area contributed by atoms with Crippen molar-refractivity contribution in [1.82, 2.24) is 0 Å². The van der Waals surface area contributed by atoms with Crippen LogP contribution in [0.5, 0.6) is 11.5 Å². The molecule has 2 aromatic carbocycles. The van der Waals surface area contributed by atoms with Crippen LogP contribution >= 0.6 is 15.9 Å². The topological polar surface area (TPSA) is 85.9 Å². The molecule has 7 nitrogen and oxygen atoms in total. The second-order valence-electron chi connectivity index (χ2n) is 7.92. The van der Waals surface area contributed by atoms with Gasteiger partial charge in [0.2, 0.25) is 0 Å². The van der Waals surface area contributed by atoms with Gasteiger partial charge in [0, 0.05) is 15.7 Å². The zero-order valence-electron chi connectivity index (χ0n) is 18.3. The van der Waals surface area contributed by atoms with Crippen molar-refractivity contribution in [3.63, 3.8) is 0 Å². The van der Waals surface area contributed by atoms with E-state index in [0.717, 1.165) is 27.1 Å². The van der Waals surface area contributed by atoms with E-state index in [1.807, 2.05) is 43.3 Å². The van der Waals surface area contributed by atoms with E-state index in [1.54, 1.807) is 14.2 Å². The zero-order valence-corrected chi connectivity index (χ0v) is 19.9. The van der Waals surface area contributed by atoms with Crippen molar-refractivity contribution in [2.75, 3.05) is 32.0 Å². The van der Waals surface area contributed by atoms with Gasteiger partial charge in [-0.3, -0.25) is 9.59 Å². The van der Waals surface area contributed by atoms with Gasteiger partial charge in [0.25, 0.3) is 0 Å². The van der Waals surface area contributed by atoms with Crippen LogP contribution in [0.4, 0.5) is 11.4 Å². The van der Waals surface area contributed by atoms with Gasteiger partial charge in [-0.15, -0.1) is 0 Å². The number of fused-ring (bicyclic) bond motifs is 1. The number of nitrogens with one attached hydrogen (secondary N) is 2. The largest absolute Gasteiger partial charge is 0.493 e. The van der Waals surface area contributed by atoms with Crippen molar-refractivity contribution >= 4 is 39.1 Å². The summed E-state index contributed by atoms with van der Waals surface area (Å²) < 4.78 is 16.6. The van der Waals surface area contributed by atoms with Gasteiger partial charge in [-0.25, -0.2) is 0 Å². The Hall–Kier alpha value is -3.00. The number of carbonyl (C=O) groups is 2. The minimum absolute atomic E-state index is 0.194. The first kappa shape index (κ1) is 22.2. The lowest BCUT2D eigenvalue weighted by Crippen LogP contribution is -2.39. The Balaban J connectivity index is 1.92. The molecule has 1 aliphatic heterocycles. The van der Waals surface area contributed by atoms with Gasteiger partial charge >= 0.3 is 5.97 Å². The average Bonchev–Trinajstić information content (AvgIpc) is 2.95. The molecule has 4 rings (SSSR count). The molecule has 0 unspecified atom stereocenters. The highest BCUT2D eigenvalue weighted by Gasteiger charge is 2.44. The van der Waals surface area contributed by atoms with Crippen molar-refractivity contribution < 1.29 is 23.8 Å². The Morgan fingerprint density at radius 3 is 2.38 bits per heavy atom. The second-order valence-corrected chi connectivity index (χ2v) is 8.77. The quantitative estimate of drug-likeness (QED) is 0.464. The van der Waals surface area contributed by atoms with Crippen molar-refractivity contribution in [3.05, 3.63) is 57.7 Å². The van der Waals surface area contributed by atoms with Crippen LogP contribution in [0.3, 0.4) is 0 Å². The zero-order chi connectivity index (χ0) is 23.0. The van der Waals surface area contributed by atoms with Crippen molar-refractivity contribution in [1.29, 1.82) is 0 Å². The van der Waals surface area contributed by atoms with Crippen LogP contribution in [-0.2, 0) is 14.3 Å². The summed E-state index contributed by atoms with van der Waals surface area (Å²) in [4.78, 5) is 26.2. The van der Waals surface area contributed by atoms with E-state index in [2.05, 4.69) is 26.6 Å². The molecule has 32 heavy (non-hydrogen) atoms. The molecule has 1 aliphatic carbocycles. The molecule has 2 N–H and O–H groups in total. The highest BCUT2D eigenvalue weighted by molar-refractivity contribution is 9.10. The number of anilines is 2. The van der Waals surface area contributed by atoms with Crippen LogP contribution < -0.4 is 20.1 Å². The fourth-order valence-electron chi connectivity index (χ4n) is 4.46. The first-order chi connectivity index (χ1) is 15.4. The molecule has 168 valence electrons. The number of hydrogen-bond donors (Lipinski definition) is 2. The highest BCUT2D eigenvalue weighted by atomic mass is 79.9. The molecular weight excluding hydrogens is 476 g/mol. The summed E-state index contributed by atoms with van der Waals surface area (Å²) in [6.45, 7) is 1.90. The molecule has 0 amide bonds. The SMILES string of the molecule is COC(=O)[C@@H]1C(=O)C2=C(C[C@@H]1C)Nc1ccccc1N[C@@H]2c1cc(OC)c(OC)cc1Br. The maximum atomic E-state index is 13.7. The van der Waals surface area contributed by atoms with Gasteiger partial charge in [-0.05, 0) is 42.2 Å². The number of benzene rings is 2. The van der Waals surface area contributed by atoms with E-state index in [0.29, 0.717) is 23.5 Å². The first-order valence-corrected chi connectivity index (χ1v) is 11.1. The Morgan fingerprint density at radius 2 is 1.72 bits per heavy atom. The Labute approximate surface area is 195 Å². The third kappa shape index (κ3) is 3.72. The molecule has 8 heteroatoms. The lowest BCUT2D eigenvalue weighted by Gasteiger charge is -2.33.